The van der Waals surface area contributed by atoms with Crippen LogP contribution in [0.3, 0.4) is 0 Å². The Kier molecular flexibility index (Phi) is 8.11. The standard InChI is InChI=1S/C59H39NO/c1-4-18-40(19-5-1)46-25-12-14-27-48(46)43-33-36-55-53(38-43)59(51-30-16-17-31-57(51)61-58-50-29-11-10-22-42(50)32-35-52(58)59)54-39-44(34-37-56(54)60(55)45-23-8-3-9-24-45)49-28-15-13-26-47(49)41-20-6-2-7-21-41/h1-39H. The Morgan fingerprint density at radius 2 is 0.803 bits per heavy atom. The molecule has 2 heterocycles. The van der Waals surface area contributed by atoms with E-state index in [2.05, 4.69) is 241 Å². The van der Waals surface area contributed by atoms with Gasteiger partial charge in [0, 0.05) is 22.2 Å². The number of hydrogen-bond acceptors (Lipinski definition) is 2. The summed E-state index contributed by atoms with van der Waals surface area (Å²) in [5.74, 6) is 1.76. The summed E-state index contributed by atoms with van der Waals surface area (Å²) in [6.45, 7) is 0. The highest BCUT2D eigenvalue weighted by molar-refractivity contribution is 5.98. The summed E-state index contributed by atoms with van der Waals surface area (Å²) in [5, 5.41) is 2.24. The lowest BCUT2D eigenvalue weighted by Crippen LogP contribution is -2.40. The molecule has 10 aromatic rings. The summed E-state index contributed by atoms with van der Waals surface area (Å²) in [4.78, 5) is 2.47. The zero-order valence-corrected chi connectivity index (χ0v) is 33.4. The fraction of sp³-hybridized carbons (Fsp3) is 0.0169. The molecule has 0 radical (unpaired) electrons. The molecule has 2 heteroatoms. The van der Waals surface area contributed by atoms with Gasteiger partial charge in [-0.15, -0.1) is 0 Å². The molecule has 0 aliphatic carbocycles. The predicted molar refractivity (Wildman–Crippen MR) is 252 cm³/mol. The zero-order chi connectivity index (χ0) is 40.3. The van der Waals surface area contributed by atoms with Crippen LogP contribution in [0.25, 0.3) is 55.3 Å². The van der Waals surface area contributed by atoms with Crippen LogP contribution in [-0.2, 0) is 5.41 Å². The van der Waals surface area contributed by atoms with Crippen LogP contribution < -0.4 is 9.64 Å². The molecular weight excluding hydrogens is 739 g/mol. The lowest BCUT2D eigenvalue weighted by molar-refractivity contribution is 0.439. The highest BCUT2D eigenvalue weighted by Crippen LogP contribution is 2.64. The van der Waals surface area contributed by atoms with E-state index in [1.54, 1.807) is 0 Å². The topological polar surface area (TPSA) is 12.5 Å². The Balaban J connectivity index is 1.23. The molecule has 0 saturated carbocycles. The molecule has 0 aromatic heterocycles. The van der Waals surface area contributed by atoms with Crippen molar-refractivity contribution in [1.82, 2.24) is 0 Å². The van der Waals surface area contributed by atoms with E-state index in [0.717, 1.165) is 61.6 Å². The molecule has 1 spiro atoms. The summed E-state index contributed by atoms with van der Waals surface area (Å²) in [7, 11) is 0. The van der Waals surface area contributed by atoms with Crippen molar-refractivity contribution in [3.8, 4) is 56.0 Å². The van der Waals surface area contributed by atoms with Gasteiger partial charge < -0.3 is 9.64 Å². The van der Waals surface area contributed by atoms with Crippen LogP contribution in [0.1, 0.15) is 22.3 Å². The van der Waals surface area contributed by atoms with E-state index in [1.807, 2.05) is 0 Å². The Labute approximate surface area is 356 Å². The van der Waals surface area contributed by atoms with Crippen LogP contribution in [-0.4, -0.2) is 0 Å². The molecule has 12 rings (SSSR count). The fourth-order valence-electron chi connectivity index (χ4n) is 10.1. The molecule has 0 unspecified atom stereocenters. The van der Waals surface area contributed by atoms with Gasteiger partial charge in [0.15, 0.2) is 0 Å². The van der Waals surface area contributed by atoms with Crippen LogP contribution in [0, 0.1) is 0 Å². The van der Waals surface area contributed by atoms with Crippen molar-refractivity contribution in [2.75, 3.05) is 4.90 Å². The number of anilines is 3. The van der Waals surface area contributed by atoms with Crippen molar-refractivity contribution >= 4 is 27.8 Å². The first-order valence-electron chi connectivity index (χ1n) is 21.0. The molecule has 61 heavy (non-hydrogen) atoms. The van der Waals surface area contributed by atoms with E-state index in [1.165, 1.54) is 44.5 Å². The van der Waals surface area contributed by atoms with E-state index in [-0.39, 0.29) is 0 Å². The molecule has 0 N–H and O–H groups in total. The molecule has 0 fully saturated rings. The second-order valence-corrected chi connectivity index (χ2v) is 16.0. The van der Waals surface area contributed by atoms with Crippen molar-refractivity contribution in [2.45, 2.75) is 5.41 Å². The summed E-state index contributed by atoms with van der Waals surface area (Å²) in [6, 6.07) is 86.1. The lowest BCUT2D eigenvalue weighted by atomic mass is 9.60. The molecule has 10 aromatic carbocycles. The van der Waals surface area contributed by atoms with Crippen LogP contribution in [0.15, 0.2) is 237 Å². The average Bonchev–Trinajstić information content (AvgIpc) is 3.34. The van der Waals surface area contributed by atoms with Crippen molar-refractivity contribution in [1.29, 1.82) is 0 Å². The summed E-state index contributed by atoms with van der Waals surface area (Å²) in [5.41, 5.74) is 16.7. The fourth-order valence-corrected chi connectivity index (χ4v) is 10.1. The maximum atomic E-state index is 7.13. The van der Waals surface area contributed by atoms with Gasteiger partial charge in [0.25, 0.3) is 0 Å². The second-order valence-electron chi connectivity index (χ2n) is 16.0. The minimum absolute atomic E-state index is 0.778. The second kappa shape index (κ2) is 14.1. The van der Waals surface area contributed by atoms with Gasteiger partial charge in [-0.05, 0) is 103 Å². The molecule has 0 bridgehead atoms. The van der Waals surface area contributed by atoms with Gasteiger partial charge in [0.05, 0.1) is 16.8 Å². The maximum absolute atomic E-state index is 7.13. The number of ether oxygens (including phenoxy) is 1. The molecule has 286 valence electrons. The van der Waals surface area contributed by atoms with Crippen molar-refractivity contribution in [3.63, 3.8) is 0 Å². The first kappa shape index (κ1) is 35.0. The normalized spacial score (nSPS) is 13.1. The largest absolute Gasteiger partial charge is 0.456 e. The van der Waals surface area contributed by atoms with Gasteiger partial charge in [-0.25, -0.2) is 0 Å². The SMILES string of the molecule is c1ccc(-c2ccccc2-c2ccc3c(c2)C2(c4ccccc4Oc4c2ccc2ccccc42)c2cc(-c4ccccc4-c4ccccc4)ccc2N3c2ccccc2)cc1. The van der Waals surface area contributed by atoms with E-state index in [9.17, 15) is 0 Å². The third-order valence-corrected chi connectivity index (χ3v) is 12.7. The van der Waals surface area contributed by atoms with Crippen molar-refractivity contribution in [3.05, 3.63) is 259 Å². The van der Waals surface area contributed by atoms with Crippen molar-refractivity contribution in [2.24, 2.45) is 0 Å². The van der Waals surface area contributed by atoms with Gasteiger partial charge >= 0.3 is 0 Å². The number of benzene rings is 10. The van der Waals surface area contributed by atoms with E-state index < -0.39 is 5.41 Å². The van der Waals surface area contributed by atoms with Crippen LogP contribution in [0.2, 0.25) is 0 Å². The molecule has 0 atom stereocenters. The monoisotopic (exact) mass is 777 g/mol. The van der Waals surface area contributed by atoms with Crippen LogP contribution in [0.4, 0.5) is 17.1 Å². The Morgan fingerprint density at radius 3 is 1.39 bits per heavy atom. The summed E-state index contributed by atoms with van der Waals surface area (Å²) in [6.07, 6.45) is 0. The lowest BCUT2D eigenvalue weighted by Gasteiger charge is -2.49. The Hall–Kier alpha value is -7.94. The zero-order valence-electron chi connectivity index (χ0n) is 33.4. The third-order valence-electron chi connectivity index (χ3n) is 12.7. The average molecular weight is 778 g/mol. The maximum Gasteiger partial charge on any atom is 0.140 e. The molecule has 2 aliphatic heterocycles. The number of fused-ring (bicyclic) bond motifs is 10. The summed E-state index contributed by atoms with van der Waals surface area (Å²) < 4.78 is 7.13. The van der Waals surface area contributed by atoms with Crippen molar-refractivity contribution < 1.29 is 4.74 Å². The number of nitrogens with zero attached hydrogens (tertiary/aromatic N) is 1. The first-order chi connectivity index (χ1) is 30.3. The highest BCUT2D eigenvalue weighted by atomic mass is 16.5. The minimum atomic E-state index is -0.778. The van der Waals surface area contributed by atoms with Gasteiger partial charge in [0.2, 0.25) is 0 Å². The van der Waals surface area contributed by atoms with Crippen LogP contribution >= 0.6 is 0 Å². The molecular formula is C59H39NO. The quantitative estimate of drug-likeness (QED) is 0.173. The van der Waals surface area contributed by atoms with E-state index >= 15 is 0 Å². The van der Waals surface area contributed by atoms with E-state index in [4.69, 9.17) is 4.74 Å². The first-order valence-corrected chi connectivity index (χ1v) is 21.0. The smallest absolute Gasteiger partial charge is 0.140 e. The number of para-hydroxylation sites is 2. The van der Waals surface area contributed by atoms with Gasteiger partial charge in [0.1, 0.15) is 11.5 Å². The molecule has 0 amide bonds. The molecule has 2 aliphatic rings. The Bertz CT molecular complexity index is 3150. The summed E-state index contributed by atoms with van der Waals surface area (Å²) >= 11 is 0. The van der Waals surface area contributed by atoms with Gasteiger partial charge in [-0.2, -0.15) is 0 Å². The number of rotatable bonds is 5. The predicted octanol–water partition coefficient (Wildman–Crippen LogP) is 15.8. The van der Waals surface area contributed by atoms with E-state index in [0.29, 0.717) is 0 Å². The number of hydrogen-bond donors (Lipinski definition) is 0. The van der Waals surface area contributed by atoms with Gasteiger partial charge in [-0.1, -0.05) is 194 Å². The third kappa shape index (κ3) is 5.43. The molecule has 0 saturated heterocycles. The minimum Gasteiger partial charge on any atom is -0.456 e. The van der Waals surface area contributed by atoms with Gasteiger partial charge in [-0.3, -0.25) is 0 Å². The highest BCUT2D eigenvalue weighted by Gasteiger charge is 2.52. The molecule has 2 nitrogen and oxygen atoms in total. The Morgan fingerprint density at radius 1 is 0.328 bits per heavy atom. The van der Waals surface area contributed by atoms with Crippen LogP contribution in [0.5, 0.6) is 11.5 Å².